The van der Waals surface area contributed by atoms with Crippen LogP contribution in [0.15, 0.2) is 18.2 Å². The molecule has 1 N–H and O–H groups in total. The molecule has 0 saturated heterocycles. The molecular weight excluding hydrogens is 270 g/mol. The van der Waals surface area contributed by atoms with Crippen molar-refractivity contribution < 1.29 is 10.0 Å². The maximum atomic E-state index is 11.3. The first-order chi connectivity index (χ1) is 9.86. The first-order valence-corrected chi connectivity index (χ1v) is 7.22. The zero-order valence-electron chi connectivity index (χ0n) is 13.2. The van der Waals surface area contributed by atoms with Gasteiger partial charge < -0.3 is 14.9 Å². The van der Waals surface area contributed by atoms with E-state index in [1.807, 2.05) is 25.9 Å². The number of hydrogen-bond donors (Lipinski definition) is 1. The standard InChI is InChI=1S/C15H25N3O3/c1-5-17(10-6-9-16(3)4)14-8-7-13(12(2)19)11-15(14)18(20)21/h7-8,11-12,19H,5-6,9-10H2,1-4H3/t12-/m0/s1. The van der Waals surface area contributed by atoms with E-state index in [1.165, 1.54) is 6.07 Å². The summed E-state index contributed by atoms with van der Waals surface area (Å²) in [5, 5.41) is 20.9. The third-order valence-corrected chi connectivity index (χ3v) is 3.43. The minimum Gasteiger partial charge on any atom is -0.389 e. The maximum Gasteiger partial charge on any atom is 0.292 e. The molecule has 1 rings (SSSR count). The van der Waals surface area contributed by atoms with Gasteiger partial charge in [0.2, 0.25) is 0 Å². The predicted molar refractivity (Wildman–Crippen MR) is 84.8 cm³/mol. The van der Waals surface area contributed by atoms with Gasteiger partial charge in [-0.05, 0) is 52.5 Å². The Hall–Kier alpha value is -1.66. The molecule has 1 atom stereocenters. The molecule has 21 heavy (non-hydrogen) atoms. The molecule has 1 aromatic carbocycles. The second-order valence-electron chi connectivity index (χ2n) is 5.42. The molecule has 0 saturated carbocycles. The molecule has 0 heterocycles. The van der Waals surface area contributed by atoms with Crippen molar-refractivity contribution in [1.29, 1.82) is 0 Å². The van der Waals surface area contributed by atoms with Gasteiger partial charge in [0.25, 0.3) is 5.69 Å². The highest BCUT2D eigenvalue weighted by molar-refractivity contribution is 5.64. The molecule has 118 valence electrons. The van der Waals surface area contributed by atoms with Gasteiger partial charge in [-0.15, -0.1) is 0 Å². The largest absolute Gasteiger partial charge is 0.389 e. The molecule has 0 aliphatic heterocycles. The number of nitrogens with zero attached hydrogens (tertiary/aromatic N) is 3. The SMILES string of the molecule is CCN(CCCN(C)C)c1ccc([C@H](C)O)cc1[N+](=O)[O-]. The maximum absolute atomic E-state index is 11.3. The van der Waals surface area contributed by atoms with E-state index in [-0.39, 0.29) is 10.6 Å². The Kier molecular flexibility index (Phi) is 6.58. The van der Waals surface area contributed by atoms with Crippen LogP contribution >= 0.6 is 0 Å². The fourth-order valence-electron chi connectivity index (χ4n) is 2.24. The molecule has 0 amide bonds. The summed E-state index contributed by atoms with van der Waals surface area (Å²) < 4.78 is 0. The second kappa shape index (κ2) is 7.95. The summed E-state index contributed by atoms with van der Waals surface area (Å²) in [6, 6.07) is 4.95. The lowest BCUT2D eigenvalue weighted by Gasteiger charge is -2.24. The molecule has 0 aromatic heterocycles. The first-order valence-electron chi connectivity index (χ1n) is 7.22. The number of aliphatic hydroxyl groups excluding tert-OH is 1. The Morgan fingerprint density at radius 1 is 1.33 bits per heavy atom. The van der Waals surface area contributed by atoms with Crippen LogP contribution in [0.5, 0.6) is 0 Å². The molecule has 6 nitrogen and oxygen atoms in total. The number of nitro groups is 1. The minimum absolute atomic E-state index is 0.0557. The summed E-state index contributed by atoms with van der Waals surface area (Å²) in [5.41, 5.74) is 1.24. The molecule has 0 bridgehead atoms. The quantitative estimate of drug-likeness (QED) is 0.589. The molecule has 0 spiro atoms. The van der Waals surface area contributed by atoms with E-state index in [2.05, 4.69) is 4.90 Å². The van der Waals surface area contributed by atoms with Crippen molar-refractivity contribution in [2.24, 2.45) is 0 Å². The highest BCUT2D eigenvalue weighted by Crippen LogP contribution is 2.31. The molecular formula is C15H25N3O3. The Bertz CT molecular complexity index is 475. The van der Waals surface area contributed by atoms with Crippen LogP contribution in [0.4, 0.5) is 11.4 Å². The molecule has 0 aliphatic rings. The monoisotopic (exact) mass is 295 g/mol. The van der Waals surface area contributed by atoms with E-state index in [0.29, 0.717) is 17.8 Å². The Labute approximate surface area is 126 Å². The van der Waals surface area contributed by atoms with Gasteiger partial charge in [-0.3, -0.25) is 10.1 Å². The number of aliphatic hydroxyl groups is 1. The summed E-state index contributed by atoms with van der Waals surface area (Å²) >= 11 is 0. The van der Waals surface area contributed by atoms with Gasteiger partial charge in [-0.1, -0.05) is 6.07 Å². The van der Waals surface area contributed by atoms with Gasteiger partial charge in [-0.2, -0.15) is 0 Å². The lowest BCUT2D eigenvalue weighted by atomic mass is 10.1. The number of rotatable bonds is 8. The van der Waals surface area contributed by atoms with E-state index >= 15 is 0 Å². The second-order valence-corrected chi connectivity index (χ2v) is 5.42. The fraction of sp³-hybridized carbons (Fsp3) is 0.600. The van der Waals surface area contributed by atoms with Crippen molar-refractivity contribution >= 4 is 11.4 Å². The van der Waals surface area contributed by atoms with E-state index in [1.54, 1.807) is 19.1 Å². The van der Waals surface area contributed by atoms with E-state index < -0.39 is 6.10 Å². The average Bonchev–Trinajstić information content (AvgIpc) is 2.42. The van der Waals surface area contributed by atoms with Crippen molar-refractivity contribution in [3.63, 3.8) is 0 Å². The normalized spacial score (nSPS) is 12.5. The Morgan fingerprint density at radius 3 is 2.48 bits per heavy atom. The van der Waals surface area contributed by atoms with Crippen molar-refractivity contribution in [3.8, 4) is 0 Å². The highest BCUT2D eigenvalue weighted by atomic mass is 16.6. The van der Waals surface area contributed by atoms with Gasteiger partial charge >= 0.3 is 0 Å². The number of benzene rings is 1. The molecule has 0 radical (unpaired) electrons. The molecule has 0 aliphatic carbocycles. The van der Waals surface area contributed by atoms with Gasteiger partial charge in [0.05, 0.1) is 11.0 Å². The minimum atomic E-state index is -0.707. The zero-order valence-corrected chi connectivity index (χ0v) is 13.2. The fourth-order valence-corrected chi connectivity index (χ4v) is 2.24. The van der Waals surface area contributed by atoms with Crippen LogP contribution in [0.1, 0.15) is 31.9 Å². The summed E-state index contributed by atoms with van der Waals surface area (Å²) in [5.74, 6) is 0. The molecule has 1 aromatic rings. The van der Waals surface area contributed by atoms with Crippen LogP contribution in [-0.2, 0) is 0 Å². The average molecular weight is 295 g/mol. The van der Waals surface area contributed by atoms with Gasteiger partial charge in [0, 0.05) is 19.2 Å². The summed E-state index contributed by atoms with van der Waals surface area (Å²) in [6.45, 7) is 6.01. The smallest absolute Gasteiger partial charge is 0.292 e. The summed E-state index contributed by atoms with van der Waals surface area (Å²) in [4.78, 5) is 15.0. The Morgan fingerprint density at radius 2 is 2.00 bits per heavy atom. The van der Waals surface area contributed by atoms with E-state index in [9.17, 15) is 15.2 Å². The van der Waals surface area contributed by atoms with Crippen LogP contribution in [0, 0.1) is 10.1 Å². The van der Waals surface area contributed by atoms with Crippen molar-refractivity contribution in [1.82, 2.24) is 4.90 Å². The van der Waals surface area contributed by atoms with Crippen molar-refractivity contribution in [3.05, 3.63) is 33.9 Å². The number of hydrogen-bond acceptors (Lipinski definition) is 5. The van der Waals surface area contributed by atoms with Gasteiger partial charge in [-0.25, -0.2) is 0 Å². The van der Waals surface area contributed by atoms with Crippen LogP contribution in [0.25, 0.3) is 0 Å². The van der Waals surface area contributed by atoms with Crippen LogP contribution in [0.3, 0.4) is 0 Å². The van der Waals surface area contributed by atoms with E-state index in [0.717, 1.165) is 19.5 Å². The first kappa shape index (κ1) is 17.4. The molecule has 0 unspecified atom stereocenters. The van der Waals surface area contributed by atoms with E-state index in [4.69, 9.17) is 0 Å². The zero-order chi connectivity index (χ0) is 16.0. The topological polar surface area (TPSA) is 69.8 Å². The van der Waals surface area contributed by atoms with Gasteiger partial charge in [0.15, 0.2) is 0 Å². The summed E-state index contributed by atoms with van der Waals surface area (Å²) in [6.07, 6.45) is 0.234. The highest BCUT2D eigenvalue weighted by Gasteiger charge is 2.20. The van der Waals surface area contributed by atoms with Crippen LogP contribution in [0.2, 0.25) is 0 Å². The van der Waals surface area contributed by atoms with Crippen LogP contribution < -0.4 is 4.90 Å². The third-order valence-electron chi connectivity index (χ3n) is 3.43. The Balaban J connectivity index is 2.99. The lowest BCUT2D eigenvalue weighted by Crippen LogP contribution is -2.27. The van der Waals surface area contributed by atoms with Crippen LogP contribution in [-0.4, -0.2) is 48.7 Å². The van der Waals surface area contributed by atoms with Gasteiger partial charge in [0.1, 0.15) is 5.69 Å². The summed E-state index contributed by atoms with van der Waals surface area (Å²) in [7, 11) is 4.02. The third kappa shape index (κ3) is 4.99. The lowest BCUT2D eigenvalue weighted by molar-refractivity contribution is -0.384. The molecule has 0 fully saturated rings. The molecule has 6 heteroatoms. The predicted octanol–water partition coefficient (Wildman–Crippen LogP) is 2.43. The van der Waals surface area contributed by atoms with Crippen molar-refractivity contribution in [2.45, 2.75) is 26.4 Å². The number of anilines is 1. The van der Waals surface area contributed by atoms with Crippen molar-refractivity contribution in [2.75, 3.05) is 38.6 Å². The number of nitro benzene ring substituents is 1.